The Kier molecular flexibility index (Phi) is 3.01. The maximum Gasteiger partial charge on any atom is 0.0717 e. The van der Waals surface area contributed by atoms with Gasteiger partial charge in [0.15, 0.2) is 0 Å². The van der Waals surface area contributed by atoms with Crippen molar-refractivity contribution >= 4 is 0 Å². The van der Waals surface area contributed by atoms with Crippen LogP contribution >= 0.6 is 0 Å². The van der Waals surface area contributed by atoms with Gasteiger partial charge in [-0.15, -0.1) is 0 Å². The van der Waals surface area contributed by atoms with E-state index >= 15 is 0 Å². The minimum Gasteiger partial charge on any atom is -0.368 e. The highest BCUT2D eigenvalue weighted by molar-refractivity contribution is 5.34. The molecule has 2 heterocycles. The Hall–Kier alpha value is -0.820. The van der Waals surface area contributed by atoms with Crippen molar-refractivity contribution in [2.45, 2.75) is 58.2 Å². The maximum atomic E-state index is 6.50. The lowest BCUT2D eigenvalue weighted by Gasteiger charge is -2.31. The first-order valence-corrected chi connectivity index (χ1v) is 7.56. The normalized spacial score (nSPS) is 37.2. The lowest BCUT2D eigenvalue weighted by molar-refractivity contribution is -0.0676. The van der Waals surface area contributed by atoms with Gasteiger partial charge in [-0.2, -0.15) is 0 Å². The lowest BCUT2D eigenvalue weighted by Crippen LogP contribution is -2.33. The van der Waals surface area contributed by atoms with E-state index in [2.05, 4.69) is 58.4 Å². The monoisotopic (exact) mass is 257 g/mol. The van der Waals surface area contributed by atoms with Gasteiger partial charge in [-0.1, -0.05) is 38.1 Å². The summed E-state index contributed by atoms with van der Waals surface area (Å²) in [6, 6.07) is 8.67. The number of rotatable bonds is 3. The molecule has 3 atom stereocenters. The summed E-state index contributed by atoms with van der Waals surface area (Å²) < 4.78 is 6.50. The van der Waals surface area contributed by atoms with Crippen LogP contribution in [0.1, 0.15) is 51.2 Å². The summed E-state index contributed by atoms with van der Waals surface area (Å²) in [7, 11) is 0. The average molecular weight is 257 g/mol. The van der Waals surface area contributed by atoms with Crippen LogP contribution in [-0.4, -0.2) is 11.2 Å². The van der Waals surface area contributed by atoms with E-state index in [0.717, 1.165) is 0 Å². The lowest BCUT2D eigenvalue weighted by atomic mass is 9.69. The van der Waals surface area contributed by atoms with Gasteiger partial charge in [0.05, 0.1) is 11.2 Å². The SMILES string of the molecule is Cc1ccccc1[CH]C1CC2(C(C)C)CCC1(C)O2. The standard InChI is InChI=1S/C18H25O/c1-13(2)18-10-9-17(4,19-18)16(12-18)11-15-8-6-5-7-14(15)3/h5-8,11,13,16H,9-10,12H2,1-4H3. The predicted molar refractivity (Wildman–Crippen MR) is 79.0 cm³/mol. The molecule has 1 radical (unpaired) electrons. The fourth-order valence-corrected chi connectivity index (χ4v) is 3.89. The second kappa shape index (κ2) is 4.34. The Bertz CT molecular complexity index is 478. The van der Waals surface area contributed by atoms with Crippen molar-refractivity contribution in [1.29, 1.82) is 0 Å². The summed E-state index contributed by atoms with van der Waals surface area (Å²) in [6.45, 7) is 9.12. The van der Waals surface area contributed by atoms with Crippen molar-refractivity contribution in [3.63, 3.8) is 0 Å². The topological polar surface area (TPSA) is 9.23 Å². The maximum absolute atomic E-state index is 6.50. The van der Waals surface area contributed by atoms with E-state index in [1.807, 2.05) is 0 Å². The van der Waals surface area contributed by atoms with Gasteiger partial charge in [0.1, 0.15) is 0 Å². The van der Waals surface area contributed by atoms with E-state index in [1.165, 1.54) is 30.4 Å². The molecule has 2 saturated heterocycles. The van der Waals surface area contributed by atoms with E-state index in [0.29, 0.717) is 11.8 Å². The van der Waals surface area contributed by atoms with E-state index in [9.17, 15) is 0 Å². The number of ether oxygens (including phenoxy) is 1. The number of benzene rings is 1. The largest absolute Gasteiger partial charge is 0.368 e. The minimum atomic E-state index is 0.0621. The molecule has 103 valence electrons. The number of hydrogen-bond acceptors (Lipinski definition) is 1. The molecule has 1 aromatic carbocycles. The summed E-state index contributed by atoms with van der Waals surface area (Å²) >= 11 is 0. The molecule has 2 aliphatic heterocycles. The van der Waals surface area contributed by atoms with Crippen molar-refractivity contribution in [3.8, 4) is 0 Å². The molecule has 0 aliphatic carbocycles. The molecule has 0 saturated carbocycles. The van der Waals surface area contributed by atoms with E-state index in [-0.39, 0.29) is 11.2 Å². The van der Waals surface area contributed by atoms with Gasteiger partial charge in [0.2, 0.25) is 0 Å². The molecule has 2 bridgehead atoms. The second-order valence-electron chi connectivity index (χ2n) is 6.97. The zero-order valence-electron chi connectivity index (χ0n) is 12.6. The predicted octanol–water partition coefficient (Wildman–Crippen LogP) is 4.53. The first-order valence-electron chi connectivity index (χ1n) is 7.56. The van der Waals surface area contributed by atoms with E-state index in [4.69, 9.17) is 4.74 Å². The highest BCUT2D eigenvalue weighted by Gasteiger charge is 2.59. The fraction of sp³-hybridized carbons (Fsp3) is 0.611. The molecule has 19 heavy (non-hydrogen) atoms. The first-order chi connectivity index (χ1) is 8.95. The van der Waals surface area contributed by atoms with Crippen LogP contribution in [0, 0.1) is 25.2 Å². The molecule has 0 aromatic heterocycles. The Morgan fingerprint density at radius 2 is 2.00 bits per heavy atom. The van der Waals surface area contributed by atoms with E-state index in [1.54, 1.807) is 0 Å². The molecular formula is C18H25O. The number of aryl methyl sites for hydroxylation is 1. The molecule has 1 heteroatoms. The molecule has 3 rings (SSSR count). The Morgan fingerprint density at radius 1 is 1.26 bits per heavy atom. The third-order valence-electron chi connectivity index (χ3n) is 5.45. The van der Waals surface area contributed by atoms with Gasteiger partial charge in [-0.25, -0.2) is 0 Å². The molecule has 1 nitrogen and oxygen atoms in total. The van der Waals surface area contributed by atoms with Gasteiger partial charge < -0.3 is 4.74 Å². The summed E-state index contributed by atoms with van der Waals surface area (Å²) in [5.41, 5.74) is 2.95. The van der Waals surface area contributed by atoms with Gasteiger partial charge >= 0.3 is 0 Å². The summed E-state index contributed by atoms with van der Waals surface area (Å²) in [5, 5.41) is 0. The van der Waals surface area contributed by atoms with Gasteiger partial charge in [0, 0.05) is 0 Å². The summed E-state index contributed by atoms with van der Waals surface area (Å²) in [5.74, 6) is 1.18. The average Bonchev–Trinajstić information content (AvgIpc) is 2.84. The van der Waals surface area contributed by atoms with Crippen molar-refractivity contribution in [3.05, 3.63) is 41.8 Å². The van der Waals surface area contributed by atoms with Crippen molar-refractivity contribution < 1.29 is 4.74 Å². The van der Waals surface area contributed by atoms with Crippen LogP contribution in [0.5, 0.6) is 0 Å². The zero-order chi connectivity index (χ0) is 13.7. The van der Waals surface area contributed by atoms with Crippen LogP contribution in [0.2, 0.25) is 0 Å². The molecule has 1 aromatic rings. The smallest absolute Gasteiger partial charge is 0.0717 e. The highest BCUT2D eigenvalue weighted by atomic mass is 16.5. The van der Waals surface area contributed by atoms with Crippen LogP contribution in [0.3, 0.4) is 0 Å². The van der Waals surface area contributed by atoms with Crippen LogP contribution in [0.4, 0.5) is 0 Å². The fourth-order valence-electron chi connectivity index (χ4n) is 3.89. The minimum absolute atomic E-state index is 0.0621. The summed E-state index contributed by atoms with van der Waals surface area (Å²) in [4.78, 5) is 0. The van der Waals surface area contributed by atoms with Crippen molar-refractivity contribution in [1.82, 2.24) is 0 Å². The van der Waals surface area contributed by atoms with Crippen molar-refractivity contribution in [2.24, 2.45) is 11.8 Å². The molecule has 0 amide bonds. The van der Waals surface area contributed by atoms with Gasteiger partial charge in [-0.3, -0.25) is 0 Å². The van der Waals surface area contributed by atoms with E-state index < -0.39 is 0 Å². The van der Waals surface area contributed by atoms with Crippen LogP contribution < -0.4 is 0 Å². The zero-order valence-corrected chi connectivity index (χ0v) is 12.6. The second-order valence-corrected chi connectivity index (χ2v) is 6.97. The highest BCUT2D eigenvalue weighted by Crippen LogP contribution is 2.58. The number of fused-ring (bicyclic) bond motifs is 2. The molecule has 2 aliphatic rings. The van der Waals surface area contributed by atoms with Gasteiger partial charge in [-0.05, 0) is 62.5 Å². The van der Waals surface area contributed by atoms with Crippen LogP contribution in [-0.2, 0) is 4.74 Å². The number of hydrogen-bond donors (Lipinski definition) is 0. The Balaban J connectivity index is 1.83. The molecule has 0 N–H and O–H groups in total. The molecular weight excluding hydrogens is 232 g/mol. The summed E-state index contributed by atoms with van der Waals surface area (Å²) in [6.07, 6.45) is 6.09. The van der Waals surface area contributed by atoms with Gasteiger partial charge in [0.25, 0.3) is 0 Å². The molecule has 0 spiro atoms. The quantitative estimate of drug-likeness (QED) is 0.773. The van der Waals surface area contributed by atoms with Crippen LogP contribution in [0.15, 0.2) is 24.3 Å². The Morgan fingerprint density at radius 3 is 2.63 bits per heavy atom. The molecule has 3 unspecified atom stereocenters. The molecule has 2 fully saturated rings. The third-order valence-corrected chi connectivity index (χ3v) is 5.45. The first kappa shape index (κ1) is 13.2. The van der Waals surface area contributed by atoms with Crippen molar-refractivity contribution in [2.75, 3.05) is 0 Å². The third kappa shape index (κ3) is 2.03. The Labute approximate surface area is 117 Å². The van der Waals surface area contributed by atoms with Crippen LogP contribution in [0.25, 0.3) is 0 Å².